The minimum atomic E-state index is -0.0642. The Labute approximate surface area is 136 Å². The molecule has 1 aromatic heterocycles. The maximum Gasteiger partial charge on any atom is 0.263 e. The van der Waals surface area contributed by atoms with Gasteiger partial charge in [-0.25, -0.2) is 0 Å². The third-order valence-electron chi connectivity index (χ3n) is 3.85. The van der Waals surface area contributed by atoms with E-state index in [1.165, 1.54) is 0 Å². The van der Waals surface area contributed by atoms with Crippen LogP contribution in [-0.2, 0) is 0 Å². The van der Waals surface area contributed by atoms with Crippen molar-refractivity contribution >= 4 is 44.1 Å². The topological polar surface area (TPSA) is 33.2 Å². The lowest BCUT2D eigenvalue weighted by atomic mass is 10.1. The van der Waals surface area contributed by atoms with E-state index in [4.69, 9.17) is 0 Å². The molecule has 0 saturated carbocycles. The molecular formula is C18H11BrN2O. The van der Waals surface area contributed by atoms with Gasteiger partial charge < -0.3 is 0 Å². The first kappa shape index (κ1) is 13.2. The molecule has 0 spiro atoms. The van der Waals surface area contributed by atoms with E-state index in [-0.39, 0.29) is 5.91 Å². The fraction of sp³-hybridized carbons (Fsp3) is 0. The van der Waals surface area contributed by atoms with Gasteiger partial charge in [-0.1, -0.05) is 40.7 Å². The summed E-state index contributed by atoms with van der Waals surface area (Å²) in [4.78, 5) is 18.9. The molecule has 0 saturated heterocycles. The first-order chi connectivity index (χ1) is 10.7. The number of aromatic nitrogens is 1. The average Bonchev–Trinajstić information content (AvgIpc) is 2.78. The molecule has 0 atom stereocenters. The van der Waals surface area contributed by atoms with Gasteiger partial charge in [0.1, 0.15) is 0 Å². The Morgan fingerprint density at radius 1 is 1.05 bits per heavy atom. The monoisotopic (exact) mass is 350 g/mol. The zero-order valence-electron chi connectivity index (χ0n) is 11.6. The molecule has 3 nitrogen and oxygen atoms in total. The SMILES string of the molecule is C=C1c2cc(Br)ccc2C(=O)N1c1cccc2cccnc12. The van der Waals surface area contributed by atoms with Crippen LogP contribution in [0.1, 0.15) is 15.9 Å². The first-order valence-corrected chi connectivity index (χ1v) is 7.63. The van der Waals surface area contributed by atoms with Crippen LogP contribution in [0.3, 0.4) is 0 Å². The Balaban J connectivity index is 1.94. The Morgan fingerprint density at radius 3 is 2.73 bits per heavy atom. The highest BCUT2D eigenvalue weighted by molar-refractivity contribution is 9.10. The van der Waals surface area contributed by atoms with Gasteiger partial charge in [0.25, 0.3) is 5.91 Å². The number of para-hydroxylation sites is 1. The van der Waals surface area contributed by atoms with Crippen LogP contribution in [0.4, 0.5) is 5.69 Å². The molecule has 2 aromatic carbocycles. The Hall–Kier alpha value is -2.46. The zero-order chi connectivity index (χ0) is 15.3. The van der Waals surface area contributed by atoms with Gasteiger partial charge in [-0.2, -0.15) is 0 Å². The number of rotatable bonds is 1. The van der Waals surface area contributed by atoms with Crippen LogP contribution in [0.5, 0.6) is 0 Å². The summed E-state index contributed by atoms with van der Waals surface area (Å²) in [5, 5.41) is 0.998. The van der Waals surface area contributed by atoms with Crippen LogP contribution in [0.25, 0.3) is 16.6 Å². The molecule has 1 amide bonds. The van der Waals surface area contributed by atoms with E-state index in [1.807, 2.05) is 48.5 Å². The van der Waals surface area contributed by atoms with E-state index in [0.717, 1.165) is 26.6 Å². The number of fused-ring (bicyclic) bond motifs is 2. The van der Waals surface area contributed by atoms with Crippen molar-refractivity contribution < 1.29 is 4.79 Å². The molecule has 0 bridgehead atoms. The van der Waals surface area contributed by atoms with E-state index < -0.39 is 0 Å². The molecule has 22 heavy (non-hydrogen) atoms. The van der Waals surface area contributed by atoms with Crippen LogP contribution in [0.15, 0.2) is 65.8 Å². The van der Waals surface area contributed by atoms with Gasteiger partial charge in [0, 0.05) is 27.2 Å². The van der Waals surface area contributed by atoms with E-state index in [9.17, 15) is 4.79 Å². The van der Waals surface area contributed by atoms with Gasteiger partial charge in [0.05, 0.1) is 16.9 Å². The zero-order valence-corrected chi connectivity index (χ0v) is 13.2. The van der Waals surface area contributed by atoms with Crippen LogP contribution in [0, 0.1) is 0 Å². The Kier molecular flexibility index (Phi) is 2.87. The number of amides is 1. The maximum absolute atomic E-state index is 12.8. The quantitative estimate of drug-likeness (QED) is 0.641. The van der Waals surface area contributed by atoms with Crippen molar-refractivity contribution in [2.45, 2.75) is 0 Å². The highest BCUT2D eigenvalue weighted by atomic mass is 79.9. The molecule has 0 fully saturated rings. The van der Waals surface area contributed by atoms with E-state index in [2.05, 4.69) is 27.5 Å². The Bertz CT molecular complexity index is 943. The summed E-state index contributed by atoms with van der Waals surface area (Å²) in [6.45, 7) is 4.11. The Morgan fingerprint density at radius 2 is 1.86 bits per heavy atom. The maximum atomic E-state index is 12.8. The van der Waals surface area contributed by atoms with Crippen LogP contribution in [0.2, 0.25) is 0 Å². The number of pyridine rings is 1. The van der Waals surface area contributed by atoms with Crippen molar-refractivity contribution in [3.8, 4) is 0 Å². The summed E-state index contributed by atoms with van der Waals surface area (Å²) in [5.74, 6) is -0.0642. The van der Waals surface area contributed by atoms with Crippen LogP contribution < -0.4 is 4.90 Å². The highest BCUT2D eigenvalue weighted by Gasteiger charge is 2.33. The molecule has 4 heteroatoms. The van der Waals surface area contributed by atoms with Crippen molar-refractivity contribution in [3.05, 3.63) is 76.9 Å². The van der Waals surface area contributed by atoms with Gasteiger partial charge in [-0.15, -0.1) is 0 Å². The predicted octanol–water partition coefficient (Wildman–Crippen LogP) is 4.63. The van der Waals surface area contributed by atoms with E-state index in [0.29, 0.717) is 11.3 Å². The summed E-state index contributed by atoms with van der Waals surface area (Å²) in [6, 6.07) is 15.3. The van der Waals surface area contributed by atoms with E-state index >= 15 is 0 Å². The number of anilines is 1. The van der Waals surface area contributed by atoms with Crippen molar-refractivity contribution in [2.24, 2.45) is 0 Å². The van der Waals surface area contributed by atoms with Gasteiger partial charge in [0.15, 0.2) is 0 Å². The van der Waals surface area contributed by atoms with Crippen molar-refractivity contribution in [3.63, 3.8) is 0 Å². The van der Waals surface area contributed by atoms with Gasteiger partial charge >= 0.3 is 0 Å². The fourth-order valence-corrected chi connectivity index (χ4v) is 3.19. The summed E-state index contributed by atoms with van der Waals surface area (Å²) >= 11 is 3.44. The first-order valence-electron chi connectivity index (χ1n) is 6.84. The lowest BCUT2D eigenvalue weighted by Gasteiger charge is -2.19. The second kappa shape index (κ2) is 4.78. The second-order valence-electron chi connectivity index (χ2n) is 5.13. The summed E-state index contributed by atoms with van der Waals surface area (Å²) in [5.41, 5.74) is 3.76. The minimum Gasteiger partial charge on any atom is -0.275 e. The summed E-state index contributed by atoms with van der Waals surface area (Å²) in [6.07, 6.45) is 1.73. The molecular weight excluding hydrogens is 340 g/mol. The normalized spacial score (nSPS) is 13.8. The van der Waals surface area contributed by atoms with Crippen LogP contribution in [-0.4, -0.2) is 10.9 Å². The molecule has 4 rings (SSSR count). The average molecular weight is 351 g/mol. The lowest BCUT2D eigenvalue weighted by Crippen LogP contribution is -2.22. The predicted molar refractivity (Wildman–Crippen MR) is 91.7 cm³/mol. The molecule has 0 aliphatic carbocycles. The molecule has 1 aliphatic heterocycles. The number of hydrogen-bond donors (Lipinski definition) is 0. The largest absolute Gasteiger partial charge is 0.275 e. The summed E-state index contributed by atoms with van der Waals surface area (Å²) in [7, 11) is 0. The second-order valence-corrected chi connectivity index (χ2v) is 6.05. The molecule has 106 valence electrons. The number of carbonyl (C=O) groups excluding carboxylic acids is 1. The molecule has 1 aliphatic rings. The van der Waals surface area contributed by atoms with Gasteiger partial charge in [0.2, 0.25) is 0 Å². The molecule has 3 aromatic rings. The minimum absolute atomic E-state index is 0.0642. The summed E-state index contributed by atoms with van der Waals surface area (Å²) < 4.78 is 0.929. The highest BCUT2D eigenvalue weighted by Crippen LogP contribution is 2.39. The van der Waals surface area contributed by atoms with Crippen molar-refractivity contribution in [1.29, 1.82) is 0 Å². The van der Waals surface area contributed by atoms with Crippen molar-refractivity contribution in [1.82, 2.24) is 4.98 Å². The van der Waals surface area contributed by atoms with Crippen molar-refractivity contribution in [2.75, 3.05) is 4.90 Å². The number of benzene rings is 2. The standard InChI is InChI=1S/C18H11BrN2O/c1-11-15-10-13(19)7-8-14(15)18(22)21(11)16-6-2-4-12-5-3-9-20-17(12)16/h2-10H,1H2. The fourth-order valence-electron chi connectivity index (χ4n) is 2.83. The van der Waals surface area contributed by atoms with Crippen LogP contribution >= 0.6 is 15.9 Å². The number of carbonyl (C=O) groups is 1. The smallest absolute Gasteiger partial charge is 0.263 e. The lowest BCUT2D eigenvalue weighted by molar-refractivity contribution is 0.101. The number of hydrogen-bond acceptors (Lipinski definition) is 2. The number of halogens is 1. The molecule has 2 heterocycles. The molecule has 0 N–H and O–H groups in total. The molecule has 0 radical (unpaired) electrons. The third-order valence-corrected chi connectivity index (χ3v) is 4.34. The molecule has 0 unspecified atom stereocenters. The number of nitrogens with zero attached hydrogens (tertiary/aromatic N) is 2. The van der Waals surface area contributed by atoms with E-state index in [1.54, 1.807) is 11.1 Å². The third kappa shape index (κ3) is 1.81. The van der Waals surface area contributed by atoms with Gasteiger partial charge in [-0.3, -0.25) is 14.7 Å². The van der Waals surface area contributed by atoms with Gasteiger partial charge in [-0.05, 0) is 30.3 Å².